The molecule has 0 heterocycles. The monoisotopic (exact) mass is 997 g/mol. The molecule has 71 heavy (non-hydrogen) atoms. The Morgan fingerprint density at radius 3 is 0.789 bits per heavy atom. The molecule has 6 nitrogen and oxygen atoms in total. The summed E-state index contributed by atoms with van der Waals surface area (Å²) in [5.41, 5.74) is 0. The summed E-state index contributed by atoms with van der Waals surface area (Å²) in [5, 5.41) is 0. The topological polar surface area (TPSA) is 78.9 Å². The van der Waals surface area contributed by atoms with Gasteiger partial charge in [0.15, 0.2) is 6.10 Å². The van der Waals surface area contributed by atoms with Crippen LogP contribution in [0.2, 0.25) is 0 Å². The van der Waals surface area contributed by atoms with Crippen molar-refractivity contribution in [3.8, 4) is 0 Å². The highest BCUT2D eigenvalue weighted by Gasteiger charge is 2.19. The van der Waals surface area contributed by atoms with Gasteiger partial charge in [0.2, 0.25) is 0 Å². The largest absolute Gasteiger partial charge is 0.462 e. The van der Waals surface area contributed by atoms with Gasteiger partial charge in [-0.3, -0.25) is 14.4 Å². The molecule has 0 aromatic carbocycles. The average molecular weight is 998 g/mol. The van der Waals surface area contributed by atoms with Crippen LogP contribution in [0.4, 0.5) is 0 Å². The SMILES string of the molecule is CCCCCCC/C=C\C/C=C\C/C=C\CCCCCCCCCCCCCCC(=O)OCC(COC(=O)CCCCCCCCCC)OC(=O)CCCCCCCCCCCCCCCCCCCC. The number of unbranched alkanes of at least 4 members (excludes halogenated alkanes) is 41. The van der Waals surface area contributed by atoms with Gasteiger partial charge in [-0.25, -0.2) is 0 Å². The maximum absolute atomic E-state index is 12.8. The number of carbonyl (C=O) groups is 3. The van der Waals surface area contributed by atoms with Gasteiger partial charge in [-0.1, -0.05) is 301 Å². The number of ether oxygens (including phenoxy) is 3. The van der Waals surface area contributed by atoms with E-state index in [4.69, 9.17) is 14.2 Å². The zero-order valence-electron chi connectivity index (χ0n) is 47.8. The first-order chi connectivity index (χ1) is 35.0. The standard InChI is InChI=1S/C65H120O6/c1-4-7-10-13-16-19-21-23-25-27-29-30-31-32-33-34-35-36-37-39-40-42-44-46-49-52-55-58-64(67)70-61-62(60-69-63(66)57-54-51-48-18-15-12-9-6-3)71-65(68)59-56-53-50-47-45-43-41-38-28-26-24-22-20-17-14-11-8-5-2/h21,23,27,29,31-32,62H,4-20,22,24-26,28,30,33-61H2,1-3H3/b23-21-,29-27-,32-31-. The van der Waals surface area contributed by atoms with Gasteiger partial charge in [0.25, 0.3) is 0 Å². The van der Waals surface area contributed by atoms with Crippen LogP contribution >= 0.6 is 0 Å². The van der Waals surface area contributed by atoms with Crippen LogP contribution in [-0.4, -0.2) is 37.2 Å². The lowest BCUT2D eigenvalue weighted by Crippen LogP contribution is -2.30. The minimum atomic E-state index is -0.767. The third-order valence-corrected chi connectivity index (χ3v) is 14.1. The zero-order chi connectivity index (χ0) is 51.4. The molecule has 0 aromatic rings. The minimum absolute atomic E-state index is 0.0676. The number of esters is 3. The Balaban J connectivity index is 4.12. The molecule has 0 rings (SSSR count). The van der Waals surface area contributed by atoms with Gasteiger partial charge in [-0.2, -0.15) is 0 Å². The van der Waals surface area contributed by atoms with Crippen LogP contribution < -0.4 is 0 Å². The summed E-state index contributed by atoms with van der Waals surface area (Å²) in [6.45, 7) is 6.65. The minimum Gasteiger partial charge on any atom is -0.462 e. The molecule has 0 fully saturated rings. The molecule has 0 bridgehead atoms. The Kier molecular flexibility index (Phi) is 58.2. The predicted octanol–water partition coefficient (Wildman–Crippen LogP) is 21.2. The molecule has 6 heteroatoms. The van der Waals surface area contributed by atoms with Gasteiger partial charge in [0.1, 0.15) is 13.2 Å². The first-order valence-corrected chi connectivity index (χ1v) is 31.5. The summed E-state index contributed by atoms with van der Waals surface area (Å²) in [6.07, 6.45) is 73.1. The maximum atomic E-state index is 12.8. The molecule has 416 valence electrons. The smallest absolute Gasteiger partial charge is 0.306 e. The van der Waals surface area contributed by atoms with E-state index in [0.29, 0.717) is 19.3 Å². The number of rotatable bonds is 58. The first-order valence-electron chi connectivity index (χ1n) is 31.5. The summed E-state index contributed by atoms with van der Waals surface area (Å²) < 4.78 is 16.9. The predicted molar refractivity (Wildman–Crippen MR) is 307 cm³/mol. The number of hydrogen-bond donors (Lipinski definition) is 0. The van der Waals surface area contributed by atoms with E-state index in [9.17, 15) is 14.4 Å². The number of hydrogen-bond acceptors (Lipinski definition) is 6. The molecule has 1 unspecified atom stereocenters. The van der Waals surface area contributed by atoms with Crippen molar-refractivity contribution >= 4 is 17.9 Å². The molecule has 0 aromatic heterocycles. The Morgan fingerprint density at radius 2 is 0.507 bits per heavy atom. The third-order valence-electron chi connectivity index (χ3n) is 14.1. The van der Waals surface area contributed by atoms with Gasteiger partial charge < -0.3 is 14.2 Å². The van der Waals surface area contributed by atoms with E-state index in [-0.39, 0.29) is 31.1 Å². The van der Waals surface area contributed by atoms with E-state index in [1.54, 1.807) is 0 Å². The summed E-state index contributed by atoms with van der Waals surface area (Å²) in [7, 11) is 0. The van der Waals surface area contributed by atoms with Crippen molar-refractivity contribution in [2.24, 2.45) is 0 Å². The Labute approximate surface area is 442 Å². The van der Waals surface area contributed by atoms with E-state index in [1.807, 2.05) is 0 Å². The van der Waals surface area contributed by atoms with E-state index in [0.717, 1.165) is 70.6 Å². The molecule has 1 atom stereocenters. The van der Waals surface area contributed by atoms with Gasteiger partial charge in [-0.05, 0) is 57.8 Å². The normalized spacial score (nSPS) is 12.2. The van der Waals surface area contributed by atoms with Crippen LogP contribution in [0.3, 0.4) is 0 Å². The molecule has 0 aliphatic heterocycles. The van der Waals surface area contributed by atoms with Crippen LogP contribution in [-0.2, 0) is 28.6 Å². The van der Waals surface area contributed by atoms with Crippen molar-refractivity contribution in [3.05, 3.63) is 36.5 Å². The highest BCUT2D eigenvalue weighted by Crippen LogP contribution is 2.17. The quantitative estimate of drug-likeness (QED) is 0.0261. The fourth-order valence-electron chi connectivity index (χ4n) is 9.39. The van der Waals surface area contributed by atoms with E-state index in [1.165, 1.54) is 231 Å². The second-order valence-electron chi connectivity index (χ2n) is 21.3. The fourth-order valence-corrected chi connectivity index (χ4v) is 9.39. The van der Waals surface area contributed by atoms with Crippen molar-refractivity contribution in [1.82, 2.24) is 0 Å². The Bertz CT molecular complexity index is 1190. The van der Waals surface area contributed by atoms with Gasteiger partial charge >= 0.3 is 17.9 Å². The second kappa shape index (κ2) is 60.2. The van der Waals surface area contributed by atoms with Crippen molar-refractivity contribution in [3.63, 3.8) is 0 Å². The molecule has 0 spiro atoms. The van der Waals surface area contributed by atoms with E-state index in [2.05, 4.69) is 57.2 Å². The lowest BCUT2D eigenvalue weighted by molar-refractivity contribution is -0.167. The summed E-state index contributed by atoms with van der Waals surface area (Å²) in [4.78, 5) is 38.1. The lowest BCUT2D eigenvalue weighted by atomic mass is 10.0. The van der Waals surface area contributed by atoms with Crippen molar-refractivity contribution in [2.45, 2.75) is 348 Å². The Morgan fingerprint density at radius 1 is 0.282 bits per heavy atom. The fraction of sp³-hybridized carbons (Fsp3) is 0.862. The summed E-state index contributed by atoms with van der Waals surface area (Å²) in [6, 6.07) is 0. The maximum Gasteiger partial charge on any atom is 0.306 e. The molecule has 0 aliphatic carbocycles. The first kappa shape index (κ1) is 68.6. The summed E-state index contributed by atoms with van der Waals surface area (Å²) in [5.74, 6) is -0.852. The number of allylic oxidation sites excluding steroid dienone is 6. The molecule has 0 N–H and O–H groups in total. The van der Waals surface area contributed by atoms with Crippen molar-refractivity contribution in [1.29, 1.82) is 0 Å². The average Bonchev–Trinajstić information content (AvgIpc) is 3.37. The van der Waals surface area contributed by atoms with Crippen LogP contribution in [0, 0.1) is 0 Å². The summed E-state index contributed by atoms with van der Waals surface area (Å²) >= 11 is 0. The Hall–Kier alpha value is -2.37. The molecule has 0 amide bonds. The van der Waals surface area contributed by atoms with E-state index < -0.39 is 6.10 Å². The third kappa shape index (κ3) is 58.4. The van der Waals surface area contributed by atoms with Crippen LogP contribution in [0.25, 0.3) is 0 Å². The molecular weight excluding hydrogens is 877 g/mol. The van der Waals surface area contributed by atoms with E-state index >= 15 is 0 Å². The molecule has 0 saturated carbocycles. The van der Waals surface area contributed by atoms with Crippen LogP contribution in [0.1, 0.15) is 342 Å². The highest BCUT2D eigenvalue weighted by molar-refractivity contribution is 5.71. The second-order valence-corrected chi connectivity index (χ2v) is 21.3. The zero-order valence-corrected chi connectivity index (χ0v) is 47.8. The van der Waals surface area contributed by atoms with Crippen LogP contribution in [0.5, 0.6) is 0 Å². The molecular formula is C65H120O6. The highest BCUT2D eigenvalue weighted by atomic mass is 16.6. The van der Waals surface area contributed by atoms with Crippen LogP contribution in [0.15, 0.2) is 36.5 Å². The molecule has 0 radical (unpaired) electrons. The van der Waals surface area contributed by atoms with Gasteiger partial charge in [0.05, 0.1) is 0 Å². The molecule has 0 aliphatic rings. The molecule has 0 saturated heterocycles. The van der Waals surface area contributed by atoms with Crippen molar-refractivity contribution < 1.29 is 28.6 Å². The van der Waals surface area contributed by atoms with Crippen molar-refractivity contribution in [2.75, 3.05) is 13.2 Å². The van der Waals surface area contributed by atoms with Gasteiger partial charge in [0, 0.05) is 19.3 Å². The lowest BCUT2D eigenvalue weighted by Gasteiger charge is -2.18. The number of carbonyl (C=O) groups excluding carboxylic acids is 3. The van der Waals surface area contributed by atoms with Gasteiger partial charge in [-0.15, -0.1) is 0 Å².